The minimum atomic E-state index is -1.19. The van der Waals surface area contributed by atoms with Crippen LogP contribution in [0.5, 0.6) is 11.5 Å². The van der Waals surface area contributed by atoms with Gasteiger partial charge in [0.1, 0.15) is 5.76 Å². The van der Waals surface area contributed by atoms with Crippen molar-refractivity contribution in [2.45, 2.75) is 87.5 Å². The Hall–Kier alpha value is -4.90. The molecule has 17 heteroatoms. The summed E-state index contributed by atoms with van der Waals surface area (Å²) in [6.07, 6.45) is 2.35. The number of carboxylic acid groups (broad SMARTS) is 1. The number of methoxy groups -OCH3 is 1. The van der Waals surface area contributed by atoms with E-state index in [0.29, 0.717) is 37.3 Å². The number of guanidine groups is 1. The predicted molar refractivity (Wildman–Crippen MR) is 194 cm³/mol. The summed E-state index contributed by atoms with van der Waals surface area (Å²) in [6, 6.07) is 2.94. The van der Waals surface area contributed by atoms with Gasteiger partial charge < -0.3 is 56.3 Å². The summed E-state index contributed by atoms with van der Waals surface area (Å²) in [5.74, 6) is -2.52. The molecule has 1 spiro atoms. The van der Waals surface area contributed by atoms with Gasteiger partial charge in [0.05, 0.1) is 36.6 Å². The molecule has 0 saturated carbocycles. The van der Waals surface area contributed by atoms with Gasteiger partial charge in [-0.25, -0.2) is 4.79 Å². The smallest absolute Gasteiger partial charge is 0.415 e. The van der Waals surface area contributed by atoms with Gasteiger partial charge in [-0.3, -0.25) is 24.2 Å². The number of carbonyl (C=O) groups excluding carboxylic acids is 4. The molecule has 1 aromatic carbocycles. The lowest BCUT2D eigenvalue weighted by Gasteiger charge is -2.61. The van der Waals surface area contributed by atoms with Crippen LogP contribution < -0.4 is 31.6 Å². The van der Waals surface area contributed by atoms with Gasteiger partial charge in [-0.15, -0.1) is 0 Å². The van der Waals surface area contributed by atoms with E-state index in [4.69, 9.17) is 25.7 Å². The zero-order valence-electron chi connectivity index (χ0n) is 31.0. The number of aliphatic imine (C=N–C) groups is 1. The third-order valence-electron chi connectivity index (χ3n) is 12.0. The molecule has 0 radical (unpaired) electrons. The molecular weight excluding hydrogens is 702 g/mol. The molecule has 0 aromatic heterocycles. The quantitative estimate of drug-likeness (QED) is 0.0843. The van der Waals surface area contributed by atoms with Crippen molar-refractivity contribution in [3.63, 3.8) is 0 Å². The van der Waals surface area contributed by atoms with Gasteiger partial charge in [0.15, 0.2) is 29.3 Å². The maximum absolute atomic E-state index is 14.1. The molecule has 3 heterocycles. The van der Waals surface area contributed by atoms with E-state index in [2.05, 4.69) is 20.5 Å². The molecule has 2 saturated heterocycles. The first-order valence-corrected chi connectivity index (χ1v) is 18.5. The SMILES string of the molecule is COc1ccc2c3c1OC1C(OC(=O)N4CCC(C(=O)O)CC4CNC(=O)[C@H](CCCN=C(N)N)CC(=O)CNC(C)=O)=CC[C@@]4(O)[C@@H](C2)N(C)CC[C@]314. The molecule has 8 N–H and O–H groups in total. The number of carboxylic acids is 1. The van der Waals surface area contributed by atoms with E-state index in [-0.39, 0.29) is 87.7 Å². The zero-order chi connectivity index (χ0) is 38.9. The molecule has 54 heavy (non-hydrogen) atoms. The van der Waals surface area contributed by atoms with E-state index in [0.717, 1.165) is 11.1 Å². The highest BCUT2D eigenvalue weighted by Crippen LogP contribution is 2.65. The fourth-order valence-corrected chi connectivity index (χ4v) is 9.26. The molecule has 2 bridgehead atoms. The van der Waals surface area contributed by atoms with Crippen molar-refractivity contribution in [1.82, 2.24) is 20.4 Å². The van der Waals surface area contributed by atoms with Crippen LogP contribution >= 0.6 is 0 Å². The third kappa shape index (κ3) is 7.06. The molecule has 7 atom stereocenters. The van der Waals surface area contributed by atoms with Gasteiger partial charge >= 0.3 is 12.1 Å². The molecule has 6 rings (SSSR count). The average molecular weight is 754 g/mol. The van der Waals surface area contributed by atoms with Crippen molar-refractivity contribution < 1.29 is 48.4 Å². The number of likely N-dealkylation sites (tertiary alicyclic amines) is 2. The van der Waals surface area contributed by atoms with Crippen molar-refractivity contribution in [2.24, 2.45) is 28.3 Å². The van der Waals surface area contributed by atoms with Crippen LogP contribution in [0.15, 0.2) is 29.0 Å². The Morgan fingerprint density at radius 3 is 2.65 bits per heavy atom. The fourth-order valence-electron chi connectivity index (χ4n) is 9.26. The number of piperidine rings is 2. The summed E-state index contributed by atoms with van der Waals surface area (Å²) in [6.45, 7) is 1.96. The maximum Gasteiger partial charge on any atom is 0.415 e. The largest absolute Gasteiger partial charge is 0.493 e. The number of aliphatic carboxylic acids is 1. The van der Waals surface area contributed by atoms with Gasteiger partial charge in [0.2, 0.25) is 11.8 Å². The first-order valence-electron chi connectivity index (χ1n) is 18.5. The summed E-state index contributed by atoms with van der Waals surface area (Å²) in [4.78, 5) is 71.3. The summed E-state index contributed by atoms with van der Waals surface area (Å²) in [5, 5.41) is 27.7. The number of rotatable bonds is 14. The predicted octanol–water partition coefficient (Wildman–Crippen LogP) is 0.156. The Morgan fingerprint density at radius 1 is 1.17 bits per heavy atom. The van der Waals surface area contributed by atoms with E-state index >= 15 is 0 Å². The lowest BCUT2D eigenvalue weighted by atomic mass is 9.50. The molecule has 294 valence electrons. The molecule has 17 nitrogen and oxygen atoms in total. The summed E-state index contributed by atoms with van der Waals surface area (Å²) < 4.78 is 18.5. The molecule has 2 fully saturated rings. The second-order valence-corrected chi connectivity index (χ2v) is 15.1. The van der Waals surface area contributed by atoms with E-state index in [1.165, 1.54) is 11.8 Å². The number of ether oxygens (including phenoxy) is 3. The van der Waals surface area contributed by atoms with Gasteiger partial charge in [-0.1, -0.05) is 6.07 Å². The molecule has 3 amide bonds. The van der Waals surface area contributed by atoms with Gasteiger partial charge in [0, 0.05) is 56.9 Å². The minimum absolute atomic E-state index is 0.0595. The highest BCUT2D eigenvalue weighted by molar-refractivity contribution is 5.90. The van der Waals surface area contributed by atoms with Crippen LogP contribution in [0.25, 0.3) is 0 Å². The Kier molecular flexibility index (Phi) is 11.1. The van der Waals surface area contributed by atoms with Crippen LogP contribution in [-0.2, 0) is 35.8 Å². The van der Waals surface area contributed by atoms with Crippen LogP contribution in [0.4, 0.5) is 4.79 Å². The number of nitrogens with zero attached hydrogens (tertiary/aromatic N) is 3. The van der Waals surface area contributed by atoms with Gasteiger partial charge in [-0.05, 0) is 69.8 Å². The number of aliphatic hydroxyl groups is 1. The van der Waals surface area contributed by atoms with Crippen LogP contribution in [0, 0.1) is 11.8 Å². The molecular formula is C37H51N7O10. The van der Waals surface area contributed by atoms with Gasteiger partial charge in [-0.2, -0.15) is 0 Å². The monoisotopic (exact) mass is 753 g/mol. The third-order valence-corrected chi connectivity index (χ3v) is 12.0. The zero-order valence-corrected chi connectivity index (χ0v) is 31.0. The van der Waals surface area contributed by atoms with E-state index in [1.807, 2.05) is 19.2 Å². The Labute approximate surface area is 313 Å². The normalized spacial score (nSPS) is 28.4. The lowest BCUT2D eigenvalue weighted by molar-refractivity contribution is -0.163. The van der Waals surface area contributed by atoms with E-state index in [9.17, 15) is 34.2 Å². The molecule has 1 aromatic rings. The van der Waals surface area contributed by atoms with Crippen molar-refractivity contribution in [1.29, 1.82) is 0 Å². The first kappa shape index (κ1) is 38.8. The summed E-state index contributed by atoms with van der Waals surface area (Å²) in [7, 11) is 3.57. The van der Waals surface area contributed by atoms with Crippen molar-refractivity contribution in [2.75, 3.05) is 46.9 Å². The van der Waals surface area contributed by atoms with Gasteiger partial charge in [0.25, 0.3) is 0 Å². The van der Waals surface area contributed by atoms with Crippen molar-refractivity contribution in [3.8, 4) is 11.5 Å². The number of amides is 3. The Bertz CT molecular complexity index is 1750. The maximum atomic E-state index is 14.1. The number of benzene rings is 1. The highest BCUT2D eigenvalue weighted by Gasteiger charge is 2.72. The number of likely N-dealkylation sites (N-methyl/N-ethyl adjacent to an activating group) is 1. The summed E-state index contributed by atoms with van der Waals surface area (Å²) in [5.41, 5.74) is 10.7. The number of ketones is 1. The topological polar surface area (TPSA) is 248 Å². The molecule has 3 unspecified atom stereocenters. The van der Waals surface area contributed by atoms with E-state index < -0.39 is 53.0 Å². The standard InChI is InChI=1S/C37H51N7O10/c1-20(45)41-19-25(46)16-22(5-4-12-40-34(38)39)32(47)42-18-24-15-23(33(48)49)9-13-44(24)35(50)53-27-8-10-37(51)28-17-21-6-7-26(52-3)30-29(21)36(37,31(27)54-30)11-14-43(28)2/h6-8,22-24,28,31,51H,4-5,9-19H2,1-3H3,(H,41,45)(H,42,47)(H,48,49)(H4,38,39,40)/t22-,23?,24?,28-,31?,36+,37-/m1/s1. The number of hydrogen-bond acceptors (Lipinski definition) is 11. The van der Waals surface area contributed by atoms with E-state index in [1.54, 1.807) is 13.2 Å². The number of nitrogens with one attached hydrogen (secondary N) is 2. The second kappa shape index (κ2) is 15.5. The Balaban J connectivity index is 1.20. The number of Topliss-reactive ketones (excluding diaryl/α,β-unsaturated/α-hetero) is 1. The number of nitrogens with two attached hydrogens (primary N) is 2. The highest BCUT2D eigenvalue weighted by atomic mass is 16.6. The average Bonchev–Trinajstić information content (AvgIpc) is 3.49. The number of hydrogen-bond donors (Lipinski definition) is 6. The second-order valence-electron chi connectivity index (χ2n) is 15.1. The Morgan fingerprint density at radius 2 is 1.94 bits per heavy atom. The van der Waals surface area contributed by atoms with Crippen molar-refractivity contribution >= 4 is 35.6 Å². The fraction of sp³-hybridized carbons (Fsp3) is 0.622. The minimum Gasteiger partial charge on any atom is -0.493 e. The first-order chi connectivity index (χ1) is 25.7. The number of carbonyl (C=O) groups is 5. The van der Waals surface area contributed by atoms with Crippen LogP contribution in [0.1, 0.15) is 63.0 Å². The van der Waals surface area contributed by atoms with Crippen LogP contribution in [-0.4, -0.2) is 126 Å². The molecule has 2 aliphatic carbocycles. The van der Waals surface area contributed by atoms with Crippen LogP contribution in [0.3, 0.4) is 0 Å². The van der Waals surface area contributed by atoms with Crippen LogP contribution in [0.2, 0.25) is 0 Å². The van der Waals surface area contributed by atoms with Crippen molar-refractivity contribution in [3.05, 3.63) is 35.1 Å². The molecule has 5 aliphatic rings. The summed E-state index contributed by atoms with van der Waals surface area (Å²) >= 11 is 0. The lowest BCUT2D eigenvalue weighted by Crippen LogP contribution is -2.74. The molecule has 3 aliphatic heterocycles.